The molecule has 0 N–H and O–H groups in total. The number of hydrogen-bond donors (Lipinski definition) is 0. The average Bonchev–Trinajstić information content (AvgIpc) is 3.27. The van der Waals surface area contributed by atoms with Crippen molar-refractivity contribution < 1.29 is 19.0 Å². The molecule has 32 heavy (non-hydrogen) atoms. The van der Waals surface area contributed by atoms with E-state index in [1.54, 1.807) is 17.4 Å². The van der Waals surface area contributed by atoms with Crippen LogP contribution in [-0.4, -0.2) is 24.7 Å². The van der Waals surface area contributed by atoms with E-state index in [9.17, 15) is 4.79 Å². The van der Waals surface area contributed by atoms with Gasteiger partial charge in [-0.1, -0.05) is 60.7 Å². The molecule has 0 aliphatic carbocycles. The lowest BCUT2D eigenvalue weighted by Crippen LogP contribution is -2.13. The second-order valence-corrected chi connectivity index (χ2v) is 8.18. The van der Waals surface area contributed by atoms with Gasteiger partial charge in [0, 0.05) is 5.56 Å². The summed E-state index contributed by atoms with van der Waals surface area (Å²) in [7, 11) is 1.33. The Kier molecular flexibility index (Phi) is 6.82. The fraction of sp³-hybridized carbons (Fsp3) is 0.154. The molecule has 3 aromatic carbocycles. The van der Waals surface area contributed by atoms with Crippen LogP contribution in [0.3, 0.4) is 0 Å². The molecular weight excluding hydrogens is 422 g/mol. The van der Waals surface area contributed by atoms with Crippen LogP contribution in [0.15, 0.2) is 78.9 Å². The Morgan fingerprint density at radius 2 is 1.59 bits per heavy atom. The van der Waals surface area contributed by atoms with E-state index in [0.29, 0.717) is 18.1 Å². The van der Waals surface area contributed by atoms with E-state index in [1.165, 1.54) is 7.11 Å². The van der Waals surface area contributed by atoms with Gasteiger partial charge in [0.25, 0.3) is 0 Å². The number of carbonyl (C=O) groups is 1. The number of ether oxygens (including phenoxy) is 3. The average molecular weight is 446 g/mol. The fourth-order valence-corrected chi connectivity index (χ4v) is 4.22. The molecule has 0 aliphatic heterocycles. The molecule has 0 unspecified atom stereocenters. The highest BCUT2D eigenvalue weighted by atomic mass is 32.1. The molecule has 0 spiro atoms. The zero-order valence-corrected chi connectivity index (χ0v) is 18.7. The summed E-state index contributed by atoms with van der Waals surface area (Å²) < 4.78 is 16.1. The third-order valence-corrected chi connectivity index (χ3v) is 5.91. The van der Waals surface area contributed by atoms with Crippen LogP contribution in [-0.2, 0) is 16.1 Å². The van der Waals surface area contributed by atoms with Crippen LogP contribution < -0.4 is 9.47 Å². The summed E-state index contributed by atoms with van der Waals surface area (Å²) in [6, 6.07) is 26.0. The number of rotatable bonds is 8. The first-order valence-corrected chi connectivity index (χ1v) is 11.0. The maximum atomic E-state index is 11.3. The van der Waals surface area contributed by atoms with Gasteiger partial charge in [-0.2, -0.15) is 0 Å². The zero-order chi connectivity index (χ0) is 22.3. The molecule has 1 aromatic heterocycles. The highest BCUT2D eigenvalue weighted by molar-refractivity contribution is 7.15. The molecule has 162 valence electrons. The van der Waals surface area contributed by atoms with Crippen LogP contribution in [0.1, 0.15) is 10.6 Å². The van der Waals surface area contributed by atoms with Gasteiger partial charge < -0.3 is 14.2 Å². The maximum Gasteiger partial charge on any atom is 0.343 e. The van der Waals surface area contributed by atoms with Crippen molar-refractivity contribution in [2.45, 2.75) is 13.5 Å². The lowest BCUT2D eigenvalue weighted by atomic mass is 10.1. The van der Waals surface area contributed by atoms with E-state index < -0.39 is 5.97 Å². The molecule has 0 radical (unpaired) electrons. The second kappa shape index (κ2) is 10.1. The molecule has 0 saturated heterocycles. The lowest BCUT2D eigenvalue weighted by Gasteiger charge is -2.10. The Labute approximate surface area is 191 Å². The standard InChI is InChI=1S/C26H23NO4S/c1-18-15-21(13-14-22(18)31-17-24(28)29-2)30-16-23-27-25(19-9-5-3-6-10-19)26(32-23)20-11-7-4-8-12-20/h3-15H,16-17H2,1-2H3. The van der Waals surface area contributed by atoms with Crippen molar-refractivity contribution >= 4 is 17.3 Å². The number of nitrogens with zero attached hydrogens (tertiary/aromatic N) is 1. The van der Waals surface area contributed by atoms with Gasteiger partial charge in [-0.25, -0.2) is 9.78 Å². The summed E-state index contributed by atoms with van der Waals surface area (Å²) in [5.41, 5.74) is 4.05. The number of aryl methyl sites for hydroxylation is 1. The fourth-order valence-electron chi connectivity index (χ4n) is 3.22. The van der Waals surface area contributed by atoms with Gasteiger partial charge in [0.15, 0.2) is 6.61 Å². The van der Waals surface area contributed by atoms with Crippen molar-refractivity contribution in [3.05, 3.63) is 89.4 Å². The number of aromatic nitrogens is 1. The van der Waals surface area contributed by atoms with Crippen molar-refractivity contribution in [1.82, 2.24) is 4.98 Å². The van der Waals surface area contributed by atoms with E-state index >= 15 is 0 Å². The predicted molar refractivity (Wildman–Crippen MR) is 126 cm³/mol. The number of benzene rings is 3. The molecule has 4 rings (SSSR count). The van der Waals surface area contributed by atoms with Crippen molar-refractivity contribution in [2.75, 3.05) is 13.7 Å². The molecule has 5 nitrogen and oxygen atoms in total. The van der Waals surface area contributed by atoms with Crippen molar-refractivity contribution in [2.24, 2.45) is 0 Å². The van der Waals surface area contributed by atoms with Crippen LogP contribution in [0.4, 0.5) is 0 Å². The summed E-state index contributed by atoms with van der Waals surface area (Å²) >= 11 is 1.64. The van der Waals surface area contributed by atoms with Crippen LogP contribution in [0.2, 0.25) is 0 Å². The van der Waals surface area contributed by atoms with E-state index in [4.69, 9.17) is 14.5 Å². The Morgan fingerprint density at radius 1 is 0.906 bits per heavy atom. The number of methoxy groups -OCH3 is 1. The van der Waals surface area contributed by atoms with Gasteiger partial charge >= 0.3 is 5.97 Å². The molecule has 0 bridgehead atoms. The molecule has 0 aliphatic rings. The van der Waals surface area contributed by atoms with E-state index in [-0.39, 0.29) is 6.61 Å². The molecule has 4 aromatic rings. The summed E-state index contributed by atoms with van der Waals surface area (Å²) in [6.45, 7) is 2.14. The van der Waals surface area contributed by atoms with Crippen LogP contribution in [0.25, 0.3) is 21.7 Å². The van der Waals surface area contributed by atoms with Crippen LogP contribution in [0, 0.1) is 6.92 Å². The summed E-state index contributed by atoms with van der Waals surface area (Å²) in [5.74, 6) is 0.914. The van der Waals surface area contributed by atoms with Gasteiger partial charge in [-0.05, 0) is 36.2 Å². The molecule has 0 saturated carbocycles. The first-order chi connectivity index (χ1) is 15.6. The Balaban J connectivity index is 1.52. The number of esters is 1. The normalized spacial score (nSPS) is 10.6. The number of hydrogen-bond acceptors (Lipinski definition) is 6. The summed E-state index contributed by atoms with van der Waals surface area (Å²) in [6.07, 6.45) is 0. The van der Waals surface area contributed by atoms with Crippen molar-refractivity contribution in [3.8, 4) is 33.2 Å². The lowest BCUT2D eigenvalue weighted by molar-refractivity contribution is -0.142. The summed E-state index contributed by atoms with van der Waals surface area (Å²) in [5, 5.41) is 0.895. The SMILES string of the molecule is COC(=O)COc1ccc(OCc2nc(-c3ccccc3)c(-c3ccccc3)s2)cc1C. The Morgan fingerprint density at radius 3 is 2.25 bits per heavy atom. The van der Waals surface area contributed by atoms with Crippen molar-refractivity contribution in [3.63, 3.8) is 0 Å². The summed E-state index contributed by atoms with van der Waals surface area (Å²) in [4.78, 5) is 17.3. The Hall–Kier alpha value is -3.64. The predicted octanol–water partition coefficient (Wildman–Crippen LogP) is 5.92. The largest absolute Gasteiger partial charge is 0.486 e. The molecule has 0 atom stereocenters. The van der Waals surface area contributed by atoms with E-state index in [2.05, 4.69) is 29.0 Å². The third-order valence-electron chi connectivity index (χ3n) is 4.84. The van der Waals surface area contributed by atoms with Gasteiger partial charge in [0.05, 0.1) is 17.7 Å². The third kappa shape index (κ3) is 5.15. The highest BCUT2D eigenvalue weighted by Crippen LogP contribution is 2.37. The second-order valence-electron chi connectivity index (χ2n) is 7.10. The molecule has 0 amide bonds. The van der Waals surface area contributed by atoms with Crippen LogP contribution in [0.5, 0.6) is 11.5 Å². The monoisotopic (exact) mass is 445 g/mol. The zero-order valence-electron chi connectivity index (χ0n) is 17.9. The Bertz CT molecular complexity index is 1130. The van der Waals surface area contributed by atoms with E-state index in [1.807, 2.05) is 55.5 Å². The minimum Gasteiger partial charge on any atom is -0.486 e. The quantitative estimate of drug-likeness (QED) is 0.315. The van der Waals surface area contributed by atoms with Gasteiger partial charge in [0.2, 0.25) is 0 Å². The van der Waals surface area contributed by atoms with E-state index in [0.717, 1.165) is 32.3 Å². The van der Waals surface area contributed by atoms with Crippen molar-refractivity contribution in [1.29, 1.82) is 0 Å². The first-order valence-electron chi connectivity index (χ1n) is 10.2. The van der Waals surface area contributed by atoms with Gasteiger partial charge in [0.1, 0.15) is 23.1 Å². The highest BCUT2D eigenvalue weighted by Gasteiger charge is 2.15. The molecule has 1 heterocycles. The first kappa shape index (κ1) is 21.6. The van der Waals surface area contributed by atoms with Crippen LogP contribution >= 0.6 is 11.3 Å². The number of thiazole rings is 1. The van der Waals surface area contributed by atoms with Gasteiger partial charge in [-0.3, -0.25) is 0 Å². The minimum absolute atomic E-state index is 0.124. The smallest absolute Gasteiger partial charge is 0.343 e. The number of carbonyl (C=O) groups excluding carboxylic acids is 1. The molecular formula is C26H23NO4S. The topological polar surface area (TPSA) is 57.7 Å². The molecule has 6 heteroatoms. The van der Waals surface area contributed by atoms with Gasteiger partial charge in [-0.15, -0.1) is 11.3 Å². The maximum absolute atomic E-state index is 11.3. The molecule has 0 fully saturated rings. The minimum atomic E-state index is -0.420.